The summed E-state index contributed by atoms with van der Waals surface area (Å²) in [6.07, 6.45) is 4.40. The molecule has 12 nitrogen and oxygen atoms in total. The van der Waals surface area contributed by atoms with Gasteiger partial charge in [-0.25, -0.2) is 9.59 Å². The topological polar surface area (TPSA) is 177 Å². The van der Waals surface area contributed by atoms with E-state index < -0.39 is 70.7 Å². The third-order valence-corrected chi connectivity index (χ3v) is 8.75. The maximum atomic E-state index is 14.0. The van der Waals surface area contributed by atoms with Gasteiger partial charge in [0.2, 0.25) is 17.6 Å². The Kier molecular flexibility index (Phi) is 12.1. The van der Waals surface area contributed by atoms with Crippen LogP contribution in [-0.2, 0) is 28.7 Å². The van der Waals surface area contributed by atoms with E-state index in [1.807, 2.05) is 37.3 Å². The first-order valence-electron chi connectivity index (χ1n) is 16.0. The van der Waals surface area contributed by atoms with Crippen molar-refractivity contribution in [1.82, 2.24) is 20.9 Å². The number of benzene rings is 1. The summed E-state index contributed by atoms with van der Waals surface area (Å²) >= 11 is 0. The number of amides is 5. The molecule has 0 radical (unpaired) electrons. The van der Waals surface area contributed by atoms with Crippen molar-refractivity contribution < 1.29 is 33.5 Å². The molecule has 0 spiro atoms. The Morgan fingerprint density at radius 2 is 1.60 bits per heavy atom. The summed E-state index contributed by atoms with van der Waals surface area (Å²) in [7, 11) is 0. The Bertz CT molecular complexity index is 1240. The maximum Gasteiger partial charge on any atom is 0.332 e. The molecular weight excluding hydrogens is 578 g/mol. The van der Waals surface area contributed by atoms with Crippen LogP contribution < -0.4 is 21.7 Å². The standard InChI is InChI=1S/C33H49N5O7/c1-6-22(25(39)27(34)40)35-28(41)23-17-14-20-38(23)29(42)26(32(3,4)5)36-31(44)37-33(18-12-9-13-19-33)30(43)45-24(7-2)21-15-10-8-11-16-21/h8,10-11,15-16,22-24,26H,6-7,9,12-14,17-20H2,1-5H3,(H2,34,40)(H,35,41)(H2,36,37,44)/t22?,23?,24?,26-/m1/s1. The molecule has 4 atom stereocenters. The predicted molar refractivity (Wildman–Crippen MR) is 167 cm³/mol. The number of urea groups is 1. The lowest BCUT2D eigenvalue weighted by Crippen LogP contribution is -2.64. The van der Waals surface area contributed by atoms with Gasteiger partial charge in [0, 0.05) is 6.54 Å². The van der Waals surface area contributed by atoms with Crippen molar-refractivity contribution in [2.75, 3.05) is 6.54 Å². The van der Waals surface area contributed by atoms with Crippen molar-refractivity contribution in [2.45, 2.75) is 122 Å². The zero-order valence-corrected chi connectivity index (χ0v) is 27.1. The average Bonchev–Trinajstić information content (AvgIpc) is 3.51. The molecule has 0 aromatic heterocycles. The second-order valence-electron chi connectivity index (χ2n) is 13.1. The minimum Gasteiger partial charge on any atom is -0.456 e. The highest BCUT2D eigenvalue weighted by molar-refractivity contribution is 6.37. The van der Waals surface area contributed by atoms with Gasteiger partial charge in [0.15, 0.2) is 0 Å². The monoisotopic (exact) mass is 627 g/mol. The number of esters is 1. The molecule has 1 saturated heterocycles. The minimum absolute atomic E-state index is 0.162. The van der Waals surface area contributed by atoms with Gasteiger partial charge < -0.3 is 31.3 Å². The predicted octanol–water partition coefficient (Wildman–Crippen LogP) is 3.04. The van der Waals surface area contributed by atoms with Crippen molar-refractivity contribution in [3.05, 3.63) is 35.9 Å². The molecule has 1 aromatic carbocycles. The highest BCUT2D eigenvalue weighted by Crippen LogP contribution is 2.33. The van der Waals surface area contributed by atoms with Gasteiger partial charge >= 0.3 is 12.0 Å². The Balaban J connectivity index is 1.77. The number of hydrogen-bond donors (Lipinski definition) is 4. The molecule has 1 saturated carbocycles. The normalized spacial score (nSPS) is 19.8. The molecule has 3 unspecified atom stereocenters. The van der Waals surface area contributed by atoms with E-state index in [2.05, 4.69) is 16.0 Å². The largest absolute Gasteiger partial charge is 0.456 e. The number of nitrogens with zero attached hydrogens (tertiary/aromatic N) is 1. The summed E-state index contributed by atoms with van der Waals surface area (Å²) in [6, 6.07) is 5.78. The van der Waals surface area contributed by atoms with Gasteiger partial charge in [-0.3, -0.25) is 19.2 Å². The summed E-state index contributed by atoms with van der Waals surface area (Å²) < 4.78 is 5.99. The van der Waals surface area contributed by atoms with Crippen LogP contribution in [-0.4, -0.2) is 70.6 Å². The van der Waals surface area contributed by atoms with Gasteiger partial charge in [0.1, 0.15) is 23.7 Å². The summed E-state index contributed by atoms with van der Waals surface area (Å²) in [5.74, 6) is -3.57. The van der Waals surface area contributed by atoms with Crippen LogP contribution in [0.3, 0.4) is 0 Å². The number of ether oxygens (including phenoxy) is 1. The van der Waals surface area contributed by atoms with Crippen LogP contribution in [0.1, 0.15) is 104 Å². The molecule has 3 rings (SSSR count). The first-order chi connectivity index (χ1) is 21.2. The van der Waals surface area contributed by atoms with Crippen molar-refractivity contribution in [3.8, 4) is 0 Å². The number of hydrogen-bond acceptors (Lipinski definition) is 7. The Morgan fingerprint density at radius 3 is 2.16 bits per heavy atom. The number of ketones is 1. The molecule has 2 aliphatic rings. The smallest absolute Gasteiger partial charge is 0.332 e. The number of likely N-dealkylation sites (tertiary alicyclic amines) is 1. The Morgan fingerprint density at radius 1 is 0.956 bits per heavy atom. The first-order valence-corrected chi connectivity index (χ1v) is 16.0. The summed E-state index contributed by atoms with van der Waals surface area (Å²) in [4.78, 5) is 79.4. The second kappa shape index (κ2) is 15.4. The van der Waals surface area contributed by atoms with Gasteiger partial charge in [-0.05, 0) is 49.5 Å². The van der Waals surface area contributed by atoms with E-state index in [0.29, 0.717) is 32.1 Å². The first kappa shape index (κ1) is 35.5. The van der Waals surface area contributed by atoms with Gasteiger partial charge in [0.05, 0.1) is 6.04 Å². The van der Waals surface area contributed by atoms with Gasteiger partial charge in [0.25, 0.3) is 5.91 Å². The van der Waals surface area contributed by atoms with Crippen molar-refractivity contribution in [2.24, 2.45) is 11.1 Å². The zero-order valence-electron chi connectivity index (χ0n) is 27.1. The molecule has 5 amide bonds. The molecule has 2 fully saturated rings. The molecule has 1 aliphatic carbocycles. The lowest BCUT2D eigenvalue weighted by atomic mass is 9.81. The molecule has 5 N–H and O–H groups in total. The molecule has 1 aliphatic heterocycles. The van der Waals surface area contributed by atoms with E-state index in [9.17, 15) is 28.8 Å². The third kappa shape index (κ3) is 8.82. The number of carbonyl (C=O) groups is 6. The second-order valence-corrected chi connectivity index (χ2v) is 13.1. The molecular formula is C33H49N5O7. The zero-order chi connectivity index (χ0) is 33.4. The number of carbonyl (C=O) groups excluding carboxylic acids is 6. The molecule has 45 heavy (non-hydrogen) atoms. The summed E-state index contributed by atoms with van der Waals surface area (Å²) in [5.41, 5.74) is 4.00. The fourth-order valence-electron chi connectivity index (χ4n) is 6.13. The van der Waals surface area contributed by atoms with E-state index >= 15 is 0 Å². The maximum absolute atomic E-state index is 14.0. The lowest BCUT2D eigenvalue weighted by molar-refractivity contribution is -0.159. The molecule has 248 valence electrons. The lowest BCUT2D eigenvalue weighted by Gasteiger charge is -2.39. The van der Waals surface area contributed by atoms with Crippen molar-refractivity contribution in [3.63, 3.8) is 0 Å². The van der Waals surface area contributed by atoms with Crippen LogP contribution in [0.25, 0.3) is 0 Å². The molecule has 1 aromatic rings. The highest BCUT2D eigenvalue weighted by atomic mass is 16.5. The summed E-state index contributed by atoms with van der Waals surface area (Å²) in [5, 5.41) is 8.27. The average molecular weight is 628 g/mol. The van der Waals surface area contributed by atoms with Crippen LogP contribution in [0.2, 0.25) is 0 Å². The number of Topliss-reactive ketones (excluding diaryl/α,β-unsaturated/α-hetero) is 1. The van der Waals surface area contributed by atoms with Gasteiger partial charge in [-0.2, -0.15) is 0 Å². The van der Waals surface area contributed by atoms with Crippen LogP contribution >= 0.6 is 0 Å². The molecule has 12 heteroatoms. The van der Waals surface area contributed by atoms with E-state index in [1.54, 1.807) is 27.7 Å². The van der Waals surface area contributed by atoms with E-state index in [1.165, 1.54) is 4.90 Å². The minimum atomic E-state index is -1.24. The summed E-state index contributed by atoms with van der Waals surface area (Å²) in [6.45, 7) is 9.26. The number of rotatable bonds is 12. The fourth-order valence-corrected chi connectivity index (χ4v) is 6.13. The Labute approximate surface area is 265 Å². The van der Waals surface area contributed by atoms with E-state index in [0.717, 1.165) is 24.8 Å². The number of primary amides is 1. The number of nitrogens with two attached hydrogens (primary N) is 1. The van der Waals surface area contributed by atoms with Crippen LogP contribution in [0.4, 0.5) is 4.79 Å². The van der Waals surface area contributed by atoms with Crippen LogP contribution in [0, 0.1) is 5.41 Å². The van der Waals surface area contributed by atoms with Gasteiger partial charge in [-0.15, -0.1) is 0 Å². The molecule has 0 bridgehead atoms. The van der Waals surface area contributed by atoms with Crippen LogP contribution in [0.15, 0.2) is 30.3 Å². The van der Waals surface area contributed by atoms with Crippen molar-refractivity contribution in [1.29, 1.82) is 0 Å². The van der Waals surface area contributed by atoms with E-state index in [-0.39, 0.29) is 13.0 Å². The van der Waals surface area contributed by atoms with Crippen molar-refractivity contribution >= 4 is 35.5 Å². The Hall–Kier alpha value is -3.96. The molecule has 1 heterocycles. The number of nitrogens with one attached hydrogen (secondary N) is 3. The van der Waals surface area contributed by atoms with Crippen LogP contribution in [0.5, 0.6) is 0 Å². The fraction of sp³-hybridized carbons (Fsp3) is 0.636. The third-order valence-electron chi connectivity index (χ3n) is 8.75. The SMILES string of the molecule is CCC(NC(=O)C1CCCN1C(=O)[C@@H](NC(=O)NC1(C(=O)OC(CC)c2ccccc2)CCCCC1)C(C)(C)C)C(=O)C(N)=O. The quantitative estimate of drug-likeness (QED) is 0.203. The highest BCUT2D eigenvalue weighted by Gasteiger charge is 2.46. The van der Waals surface area contributed by atoms with E-state index in [4.69, 9.17) is 10.5 Å². The van der Waals surface area contributed by atoms with Gasteiger partial charge in [-0.1, -0.05) is 84.2 Å².